The van der Waals surface area contributed by atoms with Gasteiger partial charge in [0.05, 0.1) is 5.69 Å². The Labute approximate surface area is 134 Å². The van der Waals surface area contributed by atoms with Crippen molar-refractivity contribution in [2.45, 2.75) is 25.7 Å². The molecule has 0 saturated carbocycles. The molecule has 2 atom stereocenters. The van der Waals surface area contributed by atoms with Crippen LogP contribution in [0, 0.1) is 6.92 Å². The van der Waals surface area contributed by atoms with Crippen molar-refractivity contribution >= 4 is 6.09 Å². The molecule has 2 unspecified atom stereocenters. The van der Waals surface area contributed by atoms with Crippen LogP contribution in [0.25, 0.3) is 0 Å². The van der Waals surface area contributed by atoms with Crippen molar-refractivity contribution in [2.24, 2.45) is 0 Å². The lowest BCUT2D eigenvalue weighted by Gasteiger charge is -2.18. The van der Waals surface area contributed by atoms with Crippen LogP contribution < -0.4 is 5.32 Å². The summed E-state index contributed by atoms with van der Waals surface area (Å²) in [7, 11) is 0. The van der Waals surface area contributed by atoms with Gasteiger partial charge in [0.1, 0.15) is 18.8 Å². The number of aromatic nitrogens is 1. The summed E-state index contributed by atoms with van der Waals surface area (Å²) in [4.78, 5) is 15.7. The third kappa shape index (κ3) is 5.36. The normalized spacial score (nSPS) is 13.2. The van der Waals surface area contributed by atoms with E-state index in [1.165, 1.54) is 0 Å². The first kappa shape index (κ1) is 16.9. The lowest BCUT2D eigenvalue weighted by Crippen LogP contribution is -2.36. The lowest BCUT2D eigenvalue weighted by atomic mass is 10.1. The number of carbonyl (C=O) groups excluding carboxylic acids is 1. The number of benzene rings is 1. The zero-order chi connectivity index (χ0) is 16.7. The Morgan fingerprint density at radius 3 is 2.61 bits per heavy atom. The standard InChI is InChI=1S/C17H20N2O4/c1-12-6-5-9-14(19-12)16(21)15(20)10-18-17(22)23-11-13-7-3-2-4-8-13/h2-9,15-16,20-21H,10-11H2,1H3,(H,18,22). The Hall–Kier alpha value is -2.44. The zero-order valence-corrected chi connectivity index (χ0v) is 12.8. The van der Waals surface area contributed by atoms with Gasteiger partial charge in [-0.25, -0.2) is 4.79 Å². The van der Waals surface area contributed by atoms with Crippen LogP contribution in [0.3, 0.4) is 0 Å². The number of nitrogens with zero attached hydrogens (tertiary/aromatic N) is 1. The molecule has 0 spiro atoms. The van der Waals surface area contributed by atoms with Crippen molar-refractivity contribution in [2.75, 3.05) is 6.54 Å². The summed E-state index contributed by atoms with van der Waals surface area (Å²) < 4.78 is 5.02. The third-order valence-electron chi connectivity index (χ3n) is 3.25. The molecule has 1 heterocycles. The minimum absolute atomic E-state index is 0.135. The number of rotatable bonds is 6. The van der Waals surface area contributed by atoms with E-state index in [2.05, 4.69) is 10.3 Å². The number of ether oxygens (including phenoxy) is 1. The predicted octanol–water partition coefficient (Wildman–Crippen LogP) is 1.71. The molecule has 0 fully saturated rings. The maximum Gasteiger partial charge on any atom is 0.407 e. The van der Waals surface area contributed by atoms with Crippen molar-refractivity contribution < 1.29 is 19.7 Å². The van der Waals surface area contributed by atoms with Crippen molar-refractivity contribution in [3.63, 3.8) is 0 Å². The van der Waals surface area contributed by atoms with E-state index in [-0.39, 0.29) is 13.2 Å². The van der Waals surface area contributed by atoms with E-state index in [9.17, 15) is 15.0 Å². The quantitative estimate of drug-likeness (QED) is 0.754. The maximum absolute atomic E-state index is 11.6. The van der Waals surface area contributed by atoms with Gasteiger partial charge in [0.25, 0.3) is 0 Å². The van der Waals surface area contributed by atoms with E-state index in [4.69, 9.17) is 4.74 Å². The summed E-state index contributed by atoms with van der Waals surface area (Å²) in [6.45, 7) is 1.80. The van der Waals surface area contributed by atoms with Gasteiger partial charge in [-0.1, -0.05) is 36.4 Å². The topological polar surface area (TPSA) is 91.7 Å². The fourth-order valence-corrected chi connectivity index (χ4v) is 2.00. The van der Waals surface area contributed by atoms with Crippen LogP contribution >= 0.6 is 0 Å². The fourth-order valence-electron chi connectivity index (χ4n) is 2.00. The lowest BCUT2D eigenvalue weighted by molar-refractivity contribution is 0.0158. The van der Waals surface area contributed by atoms with Crippen LogP contribution in [-0.2, 0) is 11.3 Å². The Morgan fingerprint density at radius 2 is 1.91 bits per heavy atom. The van der Waals surface area contributed by atoms with Gasteiger partial charge in [-0.3, -0.25) is 4.98 Å². The summed E-state index contributed by atoms with van der Waals surface area (Å²) in [5.41, 5.74) is 1.97. The number of aliphatic hydroxyl groups is 2. The fraction of sp³-hybridized carbons (Fsp3) is 0.294. The molecule has 0 aliphatic heterocycles. The van der Waals surface area contributed by atoms with Gasteiger partial charge in [-0.2, -0.15) is 0 Å². The van der Waals surface area contributed by atoms with Gasteiger partial charge in [-0.05, 0) is 24.6 Å². The minimum Gasteiger partial charge on any atom is -0.445 e. The van der Waals surface area contributed by atoms with Crippen molar-refractivity contribution in [3.05, 3.63) is 65.5 Å². The molecular formula is C17H20N2O4. The molecule has 1 amide bonds. The van der Waals surface area contributed by atoms with Crippen LogP contribution in [0.1, 0.15) is 23.1 Å². The highest BCUT2D eigenvalue weighted by Crippen LogP contribution is 2.14. The number of pyridine rings is 1. The van der Waals surface area contributed by atoms with Gasteiger partial charge in [0, 0.05) is 12.2 Å². The van der Waals surface area contributed by atoms with Gasteiger partial charge in [0.2, 0.25) is 0 Å². The molecule has 122 valence electrons. The molecule has 23 heavy (non-hydrogen) atoms. The second-order valence-corrected chi connectivity index (χ2v) is 5.16. The van der Waals surface area contributed by atoms with Crippen LogP contribution in [0.4, 0.5) is 4.79 Å². The predicted molar refractivity (Wildman–Crippen MR) is 84.6 cm³/mol. The largest absolute Gasteiger partial charge is 0.445 e. The highest BCUT2D eigenvalue weighted by Gasteiger charge is 2.20. The number of alkyl carbamates (subject to hydrolysis) is 1. The monoisotopic (exact) mass is 316 g/mol. The number of aryl methyl sites for hydroxylation is 1. The Bertz CT molecular complexity index is 634. The van der Waals surface area contributed by atoms with Crippen molar-refractivity contribution in [1.82, 2.24) is 10.3 Å². The van der Waals surface area contributed by atoms with Gasteiger partial charge in [-0.15, -0.1) is 0 Å². The van der Waals surface area contributed by atoms with E-state index < -0.39 is 18.3 Å². The van der Waals surface area contributed by atoms with E-state index in [0.29, 0.717) is 5.69 Å². The molecule has 2 aromatic rings. The summed E-state index contributed by atoms with van der Waals surface area (Å²) in [5.74, 6) is 0. The van der Waals surface area contributed by atoms with E-state index in [1.807, 2.05) is 30.3 Å². The molecule has 6 nitrogen and oxygen atoms in total. The van der Waals surface area contributed by atoms with Crippen LogP contribution in [-0.4, -0.2) is 33.9 Å². The second-order valence-electron chi connectivity index (χ2n) is 5.16. The molecule has 0 radical (unpaired) electrons. The average molecular weight is 316 g/mol. The maximum atomic E-state index is 11.6. The number of hydrogen-bond donors (Lipinski definition) is 3. The molecule has 6 heteroatoms. The molecule has 0 saturated heterocycles. The molecule has 3 N–H and O–H groups in total. The second kappa shape index (κ2) is 8.26. The van der Waals surface area contributed by atoms with E-state index >= 15 is 0 Å². The van der Waals surface area contributed by atoms with Crippen molar-refractivity contribution in [3.8, 4) is 0 Å². The third-order valence-corrected chi connectivity index (χ3v) is 3.25. The van der Waals surface area contributed by atoms with E-state index in [0.717, 1.165) is 11.3 Å². The number of nitrogens with one attached hydrogen (secondary N) is 1. The molecule has 0 bridgehead atoms. The highest BCUT2D eigenvalue weighted by atomic mass is 16.5. The Balaban J connectivity index is 1.77. The first-order valence-corrected chi connectivity index (χ1v) is 7.30. The Morgan fingerprint density at radius 1 is 1.17 bits per heavy atom. The summed E-state index contributed by atoms with van der Waals surface area (Å²) in [6.07, 6.45) is -3.00. The van der Waals surface area contributed by atoms with Gasteiger partial charge in [0.15, 0.2) is 0 Å². The minimum atomic E-state index is -1.18. The number of hydrogen-bond acceptors (Lipinski definition) is 5. The SMILES string of the molecule is Cc1cccc(C(O)C(O)CNC(=O)OCc2ccccc2)n1. The van der Waals surface area contributed by atoms with Crippen LogP contribution in [0.2, 0.25) is 0 Å². The molecule has 0 aliphatic carbocycles. The van der Waals surface area contributed by atoms with Crippen molar-refractivity contribution in [1.29, 1.82) is 0 Å². The summed E-state index contributed by atoms with van der Waals surface area (Å²) in [5, 5.41) is 22.4. The molecule has 1 aromatic heterocycles. The first-order valence-electron chi connectivity index (χ1n) is 7.30. The molecule has 0 aliphatic rings. The van der Waals surface area contributed by atoms with Gasteiger partial charge >= 0.3 is 6.09 Å². The molecule has 1 aromatic carbocycles. The summed E-state index contributed by atoms with van der Waals surface area (Å²) >= 11 is 0. The number of carbonyl (C=O) groups is 1. The Kier molecular flexibility index (Phi) is 6.08. The first-order chi connectivity index (χ1) is 11.1. The smallest absolute Gasteiger partial charge is 0.407 e. The molecular weight excluding hydrogens is 296 g/mol. The number of amides is 1. The summed E-state index contributed by atoms with van der Waals surface area (Å²) in [6, 6.07) is 14.4. The zero-order valence-electron chi connectivity index (χ0n) is 12.8. The van der Waals surface area contributed by atoms with Crippen LogP contribution in [0.15, 0.2) is 48.5 Å². The number of aliphatic hydroxyl groups excluding tert-OH is 2. The van der Waals surface area contributed by atoms with E-state index in [1.54, 1.807) is 25.1 Å². The highest BCUT2D eigenvalue weighted by molar-refractivity contribution is 5.67. The van der Waals surface area contributed by atoms with Crippen LogP contribution in [0.5, 0.6) is 0 Å². The molecule has 2 rings (SSSR count). The van der Waals surface area contributed by atoms with Gasteiger partial charge < -0.3 is 20.3 Å². The average Bonchev–Trinajstić information content (AvgIpc) is 2.58.